The van der Waals surface area contributed by atoms with Gasteiger partial charge in [-0.15, -0.1) is 0 Å². The van der Waals surface area contributed by atoms with Crippen molar-refractivity contribution in [1.82, 2.24) is 0 Å². The van der Waals surface area contributed by atoms with E-state index in [0.717, 1.165) is 11.9 Å². The minimum absolute atomic E-state index is 0.154. The molecule has 2 heteroatoms. The van der Waals surface area contributed by atoms with Gasteiger partial charge in [-0.3, -0.25) is 0 Å². The monoisotopic (exact) mass is 262 g/mol. The summed E-state index contributed by atoms with van der Waals surface area (Å²) in [5.41, 5.74) is 0.154. The highest BCUT2D eigenvalue weighted by Crippen LogP contribution is 2.32. The van der Waals surface area contributed by atoms with Crippen molar-refractivity contribution < 1.29 is 4.74 Å². The third kappa shape index (κ3) is 3.90. The number of rotatable bonds is 4. The van der Waals surface area contributed by atoms with Gasteiger partial charge in [0.15, 0.2) is 0 Å². The van der Waals surface area contributed by atoms with Gasteiger partial charge in [0.2, 0.25) is 0 Å². The number of hydrogen-bond donors (Lipinski definition) is 0. The Labute approximate surface area is 96.7 Å². The summed E-state index contributed by atoms with van der Waals surface area (Å²) in [7, 11) is 0. The summed E-state index contributed by atoms with van der Waals surface area (Å²) in [4.78, 5) is 0. The number of hydrogen-bond acceptors (Lipinski definition) is 1. The number of alkyl halides is 1. The van der Waals surface area contributed by atoms with Crippen LogP contribution in [0.3, 0.4) is 0 Å². The standard InChI is InChI=1S/C12H23BrO/c1-11(2)9-14-12(10-13)7-5-3-4-6-8-12/h11H,3-10H2,1-2H3. The van der Waals surface area contributed by atoms with Crippen LogP contribution >= 0.6 is 15.9 Å². The summed E-state index contributed by atoms with van der Waals surface area (Å²) in [5, 5.41) is 1.01. The zero-order valence-electron chi connectivity index (χ0n) is 9.52. The average Bonchev–Trinajstić information content (AvgIpc) is 2.41. The van der Waals surface area contributed by atoms with Crippen molar-refractivity contribution in [2.75, 3.05) is 11.9 Å². The summed E-state index contributed by atoms with van der Waals surface area (Å²) in [5.74, 6) is 0.647. The fourth-order valence-corrected chi connectivity index (χ4v) is 2.76. The van der Waals surface area contributed by atoms with Crippen LogP contribution in [0, 0.1) is 5.92 Å². The smallest absolute Gasteiger partial charge is 0.0779 e. The molecule has 0 saturated heterocycles. The maximum absolute atomic E-state index is 6.11. The molecule has 0 aliphatic heterocycles. The molecule has 0 aromatic heterocycles. The molecule has 0 unspecified atom stereocenters. The Hall–Kier alpha value is 0.440. The lowest BCUT2D eigenvalue weighted by Gasteiger charge is -2.32. The molecule has 0 heterocycles. The molecular formula is C12H23BrO. The van der Waals surface area contributed by atoms with E-state index in [4.69, 9.17) is 4.74 Å². The summed E-state index contributed by atoms with van der Waals surface area (Å²) in [6, 6.07) is 0. The Morgan fingerprint density at radius 2 is 1.71 bits per heavy atom. The molecule has 0 aromatic carbocycles. The Morgan fingerprint density at radius 1 is 1.14 bits per heavy atom. The van der Waals surface area contributed by atoms with E-state index in [1.807, 2.05) is 0 Å². The Balaban J connectivity index is 2.45. The largest absolute Gasteiger partial charge is 0.374 e. The quantitative estimate of drug-likeness (QED) is 0.547. The van der Waals surface area contributed by atoms with Crippen molar-refractivity contribution in [3.8, 4) is 0 Å². The first-order valence-electron chi connectivity index (χ1n) is 5.88. The van der Waals surface area contributed by atoms with Crippen molar-refractivity contribution in [3.05, 3.63) is 0 Å². The molecule has 1 aliphatic rings. The molecule has 0 amide bonds. The van der Waals surface area contributed by atoms with Crippen LogP contribution in [-0.2, 0) is 4.74 Å². The van der Waals surface area contributed by atoms with E-state index in [-0.39, 0.29) is 5.60 Å². The first-order chi connectivity index (χ1) is 6.68. The Kier molecular flexibility index (Phi) is 5.47. The highest BCUT2D eigenvalue weighted by molar-refractivity contribution is 9.09. The molecule has 1 saturated carbocycles. The molecule has 84 valence electrons. The van der Waals surface area contributed by atoms with E-state index in [9.17, 15) is 0 Å². The van der Waals surface area contributed by atoms with Crippen LogP contribution in [0.15, 0.2) is 0 Å². The van der Waals surface area contributed by atoms with E-state index < -0.39 is 0 Å². The van der Waals surface area contributed by atoms with Crippen molar-refractivity contribution in [2.45, 2.75) is 58.0 Å². The summed E-state index contributed by atoms with van der Waals surface area (Å²) in [6.45, 7) is 5.35. The third-order valence-corrected chi connectivity index (χ3v) is 4.00. The first-order valence-corrected chi connectivity index (χ1v) is 7.01. The van der Waals surface area contributed by atoms with Crippen LogP contribution in [-0.4, -0.2) is 17.5 Å². The third-order valence-electron chi connectivity index (χ3n) is 2.98. The van der Waals surface area contributed by atoms with E-state index in [0.29, 0.717) is 5.92 Å². The van der Waals surface area contributed by atoms with Crippen LogP contribution in [0.4, 0.5) is 0 Å². The van der Waals surface area contributed by atoms with Gasteiger partial charge in [0.05, 0.1) is 5.60 Å². The molecule has 0 atom stereocenters. The van der Waals surface area contributed by atoms with E-state index in [2.05, 4.69) is 29.8 Å². The lowest BCUT2D eigenvalue weighted by atomic mass is 9.96. The van der Waals surface area contributed by atoms with E-state index in [1.54, 1.807) is 0 Å². The second-order valence-corrected chi connectivity index (χ2v) is 5.50. The minimum Gasteiger partial charge on any atom is -0.374 e. The van der Waals surface area contributed by atoms with Gasteiger partial charge in [0.25, 0.3) is 0 Å². The minimum atomic E-state index is 0.154. The number of ether oxygens (including phenoxy) is 1. The molecule has 1 rings (SSSR count). The summed E-state index contributed by atoms with van der Waals surface area (Å²) >= 11 is 3.63. The highest BCUT2D eigenvalue weighted by atomic mass is 79.9. The van der Waals surface area contributed by atoms with Gasteiger partial charge < -0.3 is 4.74 Å². The number of halogens is 1. The lowest BCUT2D eigenvalue weighted by molar-refractivity contribution is -0.0489. The predicted octanol–water partition coefficient (Wildman–Crippen LogP) is 4.15. The van der Waals surface area contributed by atoms with Gasteiger partial charge in [-0.25, -0.2) is 0 Å². The first kappa shape index (κ1) is 12.5. The Morgan fingerprint density at radius 3 is 2.14 bits per heavy atom. The Bertz CT molecular complexity index is 148. The van der Waals surface area contributed by atoms with Crippen molar-refractivity contribution in [2.24, 2.45) is 5.92 Å². The van der Waals surface area contributed by atoms with E-state index in [1.165, 1.54) is 38.5 Å². The SMILES string of the molecule is CC(C)COC1(CBr)CCCCCC1. The zero-order chi connectivity index (χ0) is 10.4. The second kappa shape index (κ2) is 6.12. The lowest BCUT2D eigenvalue weighted by Crippen LogP contribution is -2.35. The topological polar surface area (TPSA) is 9.23 Å². The molecule has 1 fully saturated rings. The van der Waals surface area contributed by atoms with Gasteiger partial charge in [0.1, 0.15) is 0 Å². The molecule has 0 bridgehead atoms. The van der Waals surface area contributed by atoms with Crippen LogP contribution in [0.5, 0.6) is 0 Å². The van der Waals surface area contributed by atoms with Crippen LogP contribution in [0.1, 0.15) is 52.4 Å². The second-order valence-electron chi connectivity index (χ2n) is 4.94. The molecule has 0 N–H and O–H groups in total. The normalized spacial score (nSPS) is 22.3. The molecule has 0 aromatic rings. The van der Waals surface area contributed by atoms with Crippen molar-refractivity contribution in [3.63, 3.8) is 0 Å². The summed E-state index contributed by atoms with van der Waals surface area (Å²) in [6.07, 6.45) is 7.93. The van der Waals surface area contributed by atoms with Crippen LogP contribution in [0.25, 0.3) is 0 Å². The van der Waals surface area contributed by atoms with Crippen molar-refractivity contribution >= 4 is 15.9 Å². The fraction of sp³-hybridized carbons (Fsp3) is 1.00. The van der Waals surface area contributed by atoms with Crippen molar-refractivity contribution in [1.29, 1.82) is 0 Å². The van der Waals surface area contributed by atoms with Gasteiger partial charge in [-0.05, 0) is 18.8 Å². The maximum atomic E-state index is 6.11. The molecule has 14 heavy (non-hydrogen) atoms. The predicted molar refractivity (Wildman–Crippen MR) is 65.0 cm³/mol. The van der Waals surface area contributed by atoms with Gasteiger partial charge in [-0.2, -0.15) is 0 Å². The highest BCUT2D eigenvalue weighted by Gasteiger charge is 2.30. The van der Waals surface area contributed by atoms with Crippen LogP contribution < -0.4 is 0 Å². The van der Waals surface area contributed by atoms with Gasteiger partial charge in [-0.1, -0.05) is 55.5 Å². The molecule has 1 aliphatic carbocycles. The zero-order valence-corrected chi connectivity index (χ0v) is 11.1. The molecule has 1 nitrogen and oxygen atoms in total. The van der Waals surface area contributed by atoms with Crippen LogP contribution in [0.2, 0.25) is 0 Å². The molecule has 0 spiro atoms. The molecular weight excluding hydrogens is 240 g/mol. The average molecular weight is 263 g/mol. The fourth-order valence-electron chi connectivity index (χ4n) is 2.03. The van der Waals surface area contributed by atoms with Gasteiger partial charge in [0, 0.05) is 11.9 Å². The van der Waals surface area contributed by atoms with E-state index >= 15 is 0 Å². The maximum Gasteiger partial charge on any atom is 0.0779 e. The summed E-state index contributed by atoms with van der Waals surface area (Å²) < 4.78 is 6.11. The van der Waals surface area contributed by atoms with Gasteiger partial charge >= 0.3 is 0 Å². The molecule has 0 radical (unpaired) electrons.